The van der Waals surface area contributed by atoms with Crippen LogP contribution >= 0.6 is 0 Å². The van der Waals surface area contributed by atoms with E-state index in [1.165, 1.54) is 19.1 Å². The van der Waals surface area contributed by atoms with Crippen molar-refractivity contribution in [3.05, 3.63) is 41.2 Å². The van der Waals surface area contributed by atoms with E-state index in [1.54, 1.807) is 12.1 Å². The van der Waals surface area contributed by atoms with Gasteiger partial charge in [-0.2, -0.15) is 5.10 Å². The third kappa shape index (κ3) is 3.71. The van der Waals surface area contributed by atoms with Crippen LogP contribution in [0.2, 0.25) is 0 Å². The van der Waals surface area contributed by atoms with Crippen molar-refractivity contribution in [1.29, 1.82) is 0 Å². The van der Waals surface area contributed by atoms with Crippen LogP contribution in [0.4, 0.5) is 5.69 Å². The number of carbonyl (C=O) groups excluding carboxylic acids is 1. The van der Waals surface area contributed by atoms with Crippen molar-refractivity contribution in [3.8, 4) is 0 Å². The molecule has 1 amide bonds. The van der Waals surface area contributed by atoms with Crippen LogP contribution in [0.3, 0.4) is 0 Å². The zero-order valence-electron chi connectivity index (χ0n) is 12.6. The highest BCUT2D eigenvalue weighted by Gasteiger charge is 2.15. The van der Waals surface area contributed by atoms with Gasteiger partial charge in [-0.1, -0.05) is 0 Å². The maximum Gasteiger partial charge on any atom is 0.240 e. The number of carbonyl (C=O) groups is 1. The number of aromatic amines is 1. The molecule has 0 radical (unpaired) electrons. The van der Waals surface area contributed by atoms with Gasteiger partial charge in [-0.3, -0.25) is 9.89 Å². The van der Waals surface area contributed by atoms with Crippen LogP contribution in [0.15, 0.2) is 29.2 Å². The quantitative estimate of drug-likeness (QED) is 0.775. The smallest absolute Gasteiger partial charge is 0.240 e. The van der Waals surface area contributed by atoms with Gasteiger partial charge in [-0.15, -0.1) is 0 Å². The molecule has 0 atom stereocenters. The number of aromatic nitrogens is 2. The van der Waals surface area contributed by atoms with Crippen molar-refractivity contribution in [2.45, 2.75) is 32.2 Å². The van der Waals surface area contributed by atoms with Crippen LogP contribution in [0.25, 0.3) is 0 Å². The van der Waals surface area contributed by atoms with Crippen molar-refractivity contribution < 1.29 is 13.2 Å². The minimum Gasteiger partial charge on any atom is -0.326 e. The number of sulfonamides is 1. The summed E-state index contributed by atoms with van der Waals surface area (Å²) in [5, 5.41) is 9.43. The summed E-state index contributed by atoms with van der Waals surface area (Å²) in [5.74, 6) is -0.209. The molecule has 0 fully saturated rings. The first kappa shape index (κ1) is 16.2. The van der Waals surface area contributed by atoms with Gasteiger partial charge in [-0.25, -0.2) is 13.1 Å². The molecule has 0 aliphatic carbocycles. The topological polar surface area (TPSA) is 104 Å². The molecular weight excluding hydrogens is 304 g/mol. The highest BCUT2D eigenvalue weighted by Crippen LogP contribution is 2.15. The summed E-state index contributed by atoms with van der Waals surface area (Å²) < 4.78 is 27.1. The van der Waals surface area contributed by atoms with Crippen molar-refractivity contribution in [3.63, 3.8) is 0 Å². The molecule has 0 aliphatic heterocycles. The Labute approximate surface area is 129 Å². The summed E-state index contributed by atoms with van der Waals surface area (Å²) in [6, 6.07) is 5.99. The van der Waals surface area contributed by atoms with Crippen molar-refractivity contribution in [2.75, 3.05) is 5.32 Å². The maximum absolute atomic E-state index is 12.3. The van der Waals surface area contributed by atoms with Crippen LogP contribution in [0.1, 0.15) is 23.9 Å². The zero-order chi connectivity index (χ0) is 16.3. The Balaban J connectivity index is 2.11. The second-order valence-corrected chi connectivity index (χ2v) is 6.71. The molecule has 2 aromatic rings. The fraction of sp³-hybridized carbons (Fsp3) is 0.286. The number of aryl methyl sites for hydroxylation is 2. The van der Waals surface area contributed by atoms with Crippen LogP contribution in [-0.4, -0.2) is 24.5 Å². The molecule has 2 rings (SSSR count). The van der Waals surface area contributed by atoms with Crippen LogP contribution in [-0.2, 0) is 21.4 Å². The number of nitrogens with zero attached hydrogens (tertiary/aromatic N) is 1. The van der Waals surface area contributed by atoms with Gasteiger partial charge in [0.1, 0.15) is 0 Å². The summed E-state index contributed by atoms with van der Waals surface area (Å²) in [6.07, 6.45) is 0. The molecule has 0 saturated carbocycles. The lowest BCUT2D eigenvalue weighted by atomic mass is 10.2. The van der Waals surface area contributed by atoms with Crippen LogP contribution < -0.4 is 10.0 Å². The Hall–Kier alpha value is -2.19. The van der Waals surface area contributed by atoms with Gasteiger partial charge in [0.05, 0.1) is 10.6 Å². The normalized spacial score (nSPS) is 11.4. The van der Waals surface area contributed by atoms with Crippen LogP contribution in [0, 0.1) is 13.8 Å². The van der Waals surface area contributed by atoms with Crippen molar-refractivity contribution in [1.82, 2.24) is 14.9 Å². The first-order valence-corrected chi connectivity index (χ1v) is 8.15. The maximum atomic E-state index is 12.3. The van der Waals surface area contributed by atoms with Gasteiger partial charge in [0.25, 0.3) is 0 Å². The van der Waals surface area contributed by atoms with E-state index in [9.17, 15) is 13.2 Å². The molecule has 0 spiro atoms. The Morgan fingerprint density at radius 2 is 1.86 bits per heavy atom. The van der Waals surface area contributed by atoms with E-state index in [0.29, 0.717) is 5.69 Å². The van der Waals surface area contributed by atoms with E-state index in [2.05, 4.69) is 20.2 Å². The first-order valence-electron chi connectivity index (χ1n) is 6.67. The third-order valence-corrected chi connectivity index (χ3v) is 4.62. The summed E-state index contributed by atoms with van der Waals surface area (Å²) in [7, 11) is -3.62. The summed E-state index contributed by atoms with van der Waals surface area (Å²) in [6.45, 7) is 5.22. The Morgan fingerprint density at radius 3 is 2.36 bits per heavy atom. The van der Waals surface area contributed by atoms with E-state index < -0.39 is 10.0 Å². The van der Waals surface area contributed by atoms with E-state index in [0.717, 1.165) is 17.0 Å². The summed E-state index contributed by atoms with van der Waals surface area (Å²) in [4.78, 5) is 11.1. The molecule has 1 heterocycles. The highest BCUT2D eigenvalue weighted by molar-refractivity contribution is 7.89. The molecule has 7 nitrogen and oxygen atoms in total. The fourth-order valence-corrected chi connectivity index (χ4v) is 3.00. The predicted octanol–water partition coefficient (Wildman–Crippen LogP) is 1.46. The molecule has 0 saturated heterocycles. The number of anilines is 1. The van der Waals surface area contributed by atoms with Gasteiger partial charge < -0.3 is 5.32 Å². The molecule has 0 bridgehead atoms. The van der Waals surface area contributed by atoms with Crippen molar-refractivity contribution >= 4 is 21.6 Å². The number of benzene rings is 1. The average molecular weight is 322 g/mol. The zero-order valence-corrected chi connectivity index (χ0v) is 13.4. The molecule has 0 unspecified atom stereocenters. The second-order valence-electron chi connectivity index (χ2n) is 4.94. The van der Waals surface area contributed by atoms with E-state index in [1.807, 2.05) is 13.8 Å². The number of hydrogen-bond donors (Lipinski definition) is 3. The first-order chi connectivity index (χ1) is 10.3. The minimum absolute atomic E-state index is 0.139. The van der Waals surface area contributed by atoms with Gasteiger partial charge in [0.2, 0.25) is 15.9 Å². The Kier molecular flexibility index (Phi) is 4.62. The summed E-state index contributed by atoms with van der Waals surface area (Å²) >= 11 is 0. The Bertz CT molecular complexity index is 759. The molecule has 1 aromatic heterocycles. The fourth-order valence-electron chi connectivity index (χ4n) is 2.01. The number of H-pyrrole nitrogens is 1. The number of nitrogens with one attached hydrogen (secondary N) is 3. The number of hydrogen-bond acceptors (Lipinski definition) is 4. The molecule has 22 heavy (non-hydrogen) atoms. The lowest BCUT2D eigenvalue weighted by Gasteiger charge is -2.08. The molecule has 118 valence electrons. The third-order valence-electron chi connectivity index (χ3n) is 3.20. The largest absolute Gasteiger partial charge is 0.326 e. The molecule has 8 heteroatoms. The van der Waals surface area contributed by atoms with Gasteiger partial charge >= 0.3 is 0 Å². The molecular formula is C14H18N4O3S. The summed E-state index contributed by atoms with van der Waals surface area (Å²) in [5.41, 5.74) is 2.98. The van der Waals surface area contributed by atoms with Crippen LogP contribution in [0.5, 0.6) is 0 Å². The second kappa shape index (κ2) is 6.29. The number of rotatable bonds is 5. The van der Waals surface area contributed by atoms with Gasteiger partial charge in [-0.05, 0) is 38.1 Å². The standard InChI is InChI=1S/C14H18N4O3S/c1-9-14(10(2)18-17-9)8-15-22(20,21)13-6-4-12(5-7-13)16-11(3)19/h4-7,15H,8H2,1-3H3,(H,16,19)(H,17,18). The lowest BCUT2D eigenvalue weighted by Crippen LogP contribution is -2.23. The average Bonchev–Trinajstić information content (AvgIpc) is 2.76. The predicted molar refractivity (Wildman–Crippen MR) is 82.8 cm³/mol. The molecule has 1 aromatic carbocycles. The van der Waals surface area contributed by atoms with Crippen molar-refractivity contribution in [2.24, 2.45) is 0 Å². The molecule has 3 N–H and O–H groups in total. The number of amides is 1. The SMILES string of the molecule is CC(=O)Nc1ccc(S(=O)(=O)NCc2c(C)n[nH]c2C)cc1. The van der Waals surface area contributed by atoms with Gasteiger partial charge in [0, 0.05) is 30.4 Å². The van der Waals surface area contributed by atoms with E-state index in [-0.39, 0.29) is 17.3 Å². The van der Waals surface area contributed by atoms with E-state index in [4.69, 9.17) is 0 Å². The van der Waals surface area contributed by atoms with E-state index >= 15 is 0 Å². The van der Waals surface area contributed by atoms with Gasteiger partial charge in [0.15, 0.2) is 0 Å². The Morgan fingerprint density at radius 1 is 1.23 bits per heavy atom. The molecule has 0 aliphatic rings. The highest BCUT2D eigenvalue weighted by atomic mass is 32.2. The monoisotopic (exact) mass is 322 g/mol. The minimum atomic E-state index is -3.62. The lowest BCUT2D eigenvalue weighted by molar-refractivity contribution is -0.114.